The topological polar surface area (TPSA) is 199 Å². The number of nitrogens with one attached hydrogen (secondary N) is 1. The fourth-order valence-corrected chi connectivity index (χ4v) is 3.95. The summed E-state index contributed by atoms with van der Waals surface area (Å²) in [6, 6.07) is 9.91. The van der Waals surface area contributed by atoms with Gasteiger partial charge < -0.3 is 38.8 Å². The highest BCUT2D eigenvalue weighted by Gasteiger charge is 2.22. The Hall–Kier alpha value is -4.51. The summed E-state index contributed by atoms with van der Waals surface area (Å²) in [5.41, 5.74) is 0.653. The maximum absolute atomic E-state index is 12.1. The lowest BCUT2D eigenvalue weighted by Gasteiger charge is -2.14. The molecule has 250 valence electrons. The number of methoxy groups -OCH3 is 1. The second-order valence-electron chi connectivity index (χ2n) is 9.78. The van der Waals surface area contributed by atoms with Gasteiger partial charge in [0.05, 0.1) is 76.0 Å². The summed E-state index contributed by atoms with van der Waals surface area (Å²) < 4.78 is 32.9. The zero-order valence-corrected chi connectivity index (χ0v) is 26.2. The average Bonchev–Trinajstić information content (AvgIpc) is 3.05. The Morgan fingerprint density at radius 2 is 1.52 bits per heavy atom. The van der Waals surface area contributed by atoms with Crippen molar-refractivity contribution in [2.45, 2.75) is 32.8 Å². The van der Waals surface area contributed by atoms with Crippen LogP contribution in [-0.4, -0.2) is 103 Å². The van der Waals surface area contributed by atoms with Crippen LogP contribution in [0.15, 0.2) is 36.4 Å². The molecule has 0 fully saturated rings. The van der Waals surface area contributed by atoms with Crippen molar-refractivity contribution >= 4 is 11.6 Å². The molecule has 16 heteroatoms. The standard InChI is InChI=1S/C30H40N6O10/c1-21(37)25-19-27(41-3)28(20-26(25)36(39)40)46-11-4-5-29(38)31-10-12-42-13-14-43-15-16-44-17-18-45-24-8-6-23(7-9-24)30-34-32-22(2)33-35-30/h6-9,19-21,37H,4-5,10-18H2,1-3H3,(H,31,38). The first kappa shape index (κ1) is 36.0. The SMILES string of the molecule is COc1cc(C(C)O)c([N+](=O)[O-])cc1OCCCC(=O)NCCOCCOCCOCCOc1ccc(-c2nnc(C)nn2)cc1. The van der Waals surface area contributed by atoms with E-state index in [0.29, 0.717) is 76.6 Å². The van der Waals surface area contributed by atoms with Gasteiger partial charge in [-0.15, -0.1) is 20.4 Å². The van der Waals surface area contributed by atoms with E-state index in [9.17, 15) is 20.0 Å². The van der Waals surface area contributed by atoms with Gasteiger partial charge in [-0.1, -0.05) is 0 Å². The van der Waals surface area contributed by atoms with Crippen molar-refractivity contribution in [2.24, 2.45) is 0 Å². The van der Waals surface area contributed by atoms with E-state index < -0.39 is 11.0 Å². The molecule has 0 bridgehead atoms. The van der Waals surface area contributed by atoms with Crippen molar-refractivity contribution in [3.63, 3.8) is 0 Å². The molecule has 2 aromatic carbocycles. The van der Waals surface area contributed by atoms with Gasteiger partial charge in [-0.3, -0.25) is 14.9 Å². The highest BCUT2D eigenvalue weighted by atomic mass is 16.6. The second kappa shape index (κ2) is 19.8. The van der Waals surface area contributed by atoms with Crippen LogP contribution in [0.25, 0.3) is 11.4 Å². The number of nitrogens with zero attached hydrogens (tertiary/aromatic N) is 5. The predicted molar refractivity (Wildman–Crippen MR) is 164 cm³/mol. The number of aliphatic hydroxyl groups is 1. The van der Waals surface area contributed by atoms with Crippen molar-refractivity contribution in [3.05, 3.63) is 57.9 Å². The van der Waals surface area contributed by atoms with Gasteiger partial charge in [0.25, 0.3) is 5.69 Å². The summed E-state index contributed by atoms with van der Waals surface area (Å²) >= 11 is 0. The number of nitro benzene ring substituents is 1. The molecule has 2 N–H and O–H groups in total. The molecule has 1 atom stereocenters. The molecule has 3 rings (SSSR count). The predicted octanol–water partition coefficient (Wildman–Crippen LogP) is 2.62. The number of hydrogen-bond acceptors (Lipinski definition) is 14. The minimum absolute atomic E-state index is 0.125. The van der Waals surface area contributed by atoms with E-state index in [2.05, 4.69) is 25.7 Å². The lowest BCUT2D eigenvalue weighted by molar-refractivity contribution is -0.386. The molecule has 0 saturated heterocycles. The van der Waals surface area contributed by atoms with Crippen LogP contribution in [0.1, 0.15) is 37.3 Å². The fourth-order valence-electron chi connectivity index (χ4n) is 3.95. The third-order valence-electron chi connectivity index (χ3n) is 6.27. The van der Waals surface area contributed by atoms with Crippen molar-refractivity contribution in [2.75, 3.05) is 66.5 Å². The number of nitro groups is 1. The van der Waals surface area contributed by atoms with E-state index in [0.717, 1.165) is 5.56 Å². The smallest absolute Gasteiger partial charge is 0.279 e. The Balaban J connectivity index is 1.14. The number of amides is 1. The zero-order chi connectivity index (χ0) is 33.1. The van der Waals surface area contributed by atoms with Gasteiger partial charge in [0, 0.05) is 18.5 Å². The first-order chi connectivity index (χ1) is 22.3. The summed E-state index contributed by atoms with van der Waals surface area (Å²) in [5.74, 6) is 1.92. The molecule has 1 amide bonds. The molecule has 0 aliphatic rings. The second-order valence-corrected chi connectivity index (χ2v) is 9.78. The molecule has 0 aliphatic carbocycles. The van der Waals surface area contributed by atoms with E-state index in [-0.39, 0.29) is 41.7 Å². The van der Waals surface area contributed by atoms with Crippen LogP contribution in [0.5, 0.6) is 17.2 Å². The monoisotopic (exact) mass is 644 g/mol. The molecule has 0 spiro atoms. The zero-order valence-electron chi connectivity index (χ0n) is 26.2. The molecule has 16 nitrogen and oxygen atoms in total. The van der Waals surface area contributed by atoms with Gasteiger partial charge in [0.15, 0.2) is 17.3 Å². The number of carbonyl (C=O) groups excluding carboxylic acids is 1. The maximum Gasteiger partial charge on any atom is 0.279 e. The molecular formula is C30H40N6O10. The van der Waals surface area contributed by atoms with Gasteiger partial charge in [0.1, 0.15) is 12.4 Å². The Morgan fingerprint density at radius 3 is 2.13 bits per heavy atom. The summed E-state index contributed by atoms with van der Waals surface area (Å²) in [6.07, 6.45) is -0.455. The quantitative estimate of drug-likeness (QED) is 0.0918. The molecule has 0 saturated carbocycles. The van der Waals surface area contributed by atoms with Crippen LogP contribution in [0.3, 0.4) is 0 Å². The highest BCUT2D eigenvalue weighted by Crippen LogP contribution is 2.37. The van der Waals surface area contributed by atoms with E-state index in [1.54, 1.807) is 6.92 Å². The van der Waals surface area contributed by atoms with Gasteiger partial charge in [-0.05, 0) is 50.6 Å². The number of carbonyl (C=O) groups is 1. The Labute approximate surface area is 266 Å². The molecular weight excluding hydrogens is 604 g/mol. The van der Waals surface area contributed by atoms with Crippen molar-refractivity contribution < 1.29 is 43.2 Å². The summed E-state index contributed by atoms with van der Waals surface area (Å²) in [4.78, 5) is 22.8. The third kappa shape index (κ3) is 12.5. The van der Waals surface area contributed by atoms with Crippen LogP contribution < -0.4 is 19.5 Å². The number of hydrogen-bond donors (Lipinski definition) is 2. The number of aryl methyl sites for hydroxylation is 1. The molecule has 0 radical (unpaired) electrons. The Morgan fingerprint density at radius 1 is 0.891 bits per heavy atom. The van der Waals surface area contributed by atoms with Crippen LogP contribution in [-0.2, 0) is 19.0 Å². The number of ether oxygens (including phenoxy) is 6. The number of aromatic nitrogens is 4. The molecule has 0 aliphatic heterocycles. The van der Waals surface area contributed by atoms with Crippen molar-refractivity contribution in [3.8, 4) is 28.6 Å². The average molecular weight is 645 g/mol. The van der Waals surface area contributed by atoms with Crippen LogP contribution in [0.2, 0.25) is 0 Å². The summed E-state index contributed by atoms with van der Waals surface area (Å²) in [5, 5.41) is 39.7. The molecule has 46 heavy (non-hydrogen) atoms. The van der Waals surface area contributed by atoms with Crippen LogP contribution in [0.4, 0.5) is 5.69 Å². The summed E-state index contributed by atoms with van der Waals surface area (Å²) in [6.45, 7) is 6.40. The number of aliphatic hydroxyl groups excluding tert-OH is 1. The Bertz CT molecular complexity index is 1360. The number of rotatable bonds is 22. The van der Waals surface area contributed by atoms with E-state index in [1.165, 1.54) is 26.2 Å². The fraction of sp³-hybridized carbons (Fsp3) is 0.500. The first-order valence-electron chi connectivity index (χ1n) is 14.7. The largest absolute Gasteiger partial charge is 0.493 e. The normalized spacial score (nSPS) is 11.6. The highest BCUT2D eigenvalue weighted by molar-refractivity contribution is 5.75. The minimum atomic E-state index is -1.05. The van der Waals surface area contributed by atoms with E-state index in [4.69, 9.17) is 28.4 Å². The lowest BCUT2D eigenvalue weighted by atomic mass is 10.1. The van der Waals surface area contributed by atoms with Gasteiger partial charge in [0.2, 0.25) is 11.7 Å². The molecule has 1 aromatic heterocycles. The third-order valence-corrected chi connectivity index (χ3v) is 6.27. The van der Waals surface area contributed by atoms with Crippen molar-refractivity contribution in [1.82, 2.24) is 25.7 Å². The molecule has 3 aromatic rings. The van der Waals surface area contributed by atoms with Gasteiger partial charge >= 0.3 is 0 Å². The van der Waals surface area contributed by atoms with Crippen LogP contribution in [0, 0.1) is 17.0 Å². The Kier molecular flexibility index (Phi) is 15.5. The van der Waals surface area contributed by atoms with Crippen LogP contribution >= 0.6 is 0 Å². The number of benzene rings is 2. The maximum atomic E-state index is 12.1. The minimum Gasteiger partial charge on any atom is -0.493 e. The molecule has 1 heterocycles. The van der Waals surface area contributed by atoms with E-state index >= 15 is 0 Å². The molecule has 1 unspecified atom stereocenters. The lowest BCUT2D eigenvalue weighted by Crippen LogP contribution is -2.27. The van der Waals surface area contributed by atoms with Gasteiger partial charge in [-0.2, -0.15) is 0 Å². The van der Waals surface area contributed by atoms with Crippen molar-refractivity contribution in [1.29, 1.82) is 0 Å². The first-order valence-corrected chi connectivity index (χ1v) is 14.7. The summed E-state index contributed by atoms with van der Waals surface area (Å²) in [7, 11) is 1.40. The van der Waals surface area contributed by atoms with Gasteiger partial charge in [-0.25, -0.2) is 0 Å². The van der Waals surface area contributed by atoms with E-state index in [1.807, 2.05) is 24.3 Å².